The first-order valence-corrected chi connectivity index (χ1v) is 11.5. The van der Waals surface area contributed by atoms with Gasteiger partial charge >= 0.3 is 18.8 Å². The Morgan fingerprint density at radius 3 is 2.00 bits per heavy atom. The lowest BCUT2D eigenvalue weighted by molar-refractivity contribution is -0.275. The Kier molecular flexibility index (Phi) is 7.61. The van der Waals surface area contributed by atoms with Gasteiger partial charge in [0.05, 0.1) is 5.69 Å². The largest absolute Gasteiger partial charge is 0.573 e. The Morgan fingerprint density at radius 2 is 1.46 bits per heavy atom. The molecule has 0 radical (unpaired) electrons. The molecule has 0 spiro atoms. The van der Waals surface area contributed by atoms with Gasteiger partial charge in [0.1, 0.15) is 17.3 Å². The van der Waals surface area contributed by atoms with E-state index in [1.54, 1.807) is 6.07 Å². The van der Waals surface area contributed by atoms with Crippen LogP contribution in [0.4, 0.5) is 42.6 Å². The molecule has 0 saturated carbocycles. The fourth-order valence-corrected chi connectivity index (χ4v) is 3.77. The van der Waals surface area contributed by atoms with Gasteiger partial charge in [-0.15, -0.1) is 26.3 Å². The molecule has 2 N–H and O–H groups in total. The van der Waals surface area contributed by atoms with Crippen LogP contribution in [0.25, 0.3) is 17.0 Å². The molecule has 1 aromatic heterocycles. The van der Waals surface area contributed by atoms with Crippen LogP contribution in [-0.4, -0.2) is 28.5 Å². The van der Waals surface area contributed by atoms with Crippen LogP contribution in [0.5, 0.6) is 11.5 Å². The Morgan fingerprint density at radius 1 is 0.897 bits per heavy atom. The maximum atomic E-state index is 12.7. The molecule has 4 rings (SSSR count). The zero-order valence-corrected chi connectivity index (χ0v) is 20.5. The van der Waals surface area contributed by atoms with E-state index in [1.165, 1.54) is 28.9 Å². The topological polar surface area (TPSA) is 77.4 Å². The third kappa shape index (κ3) is 7.55. The summed E-state index contributed by atoms with van der Waals surface area (Å²) in [4.78, 5) is 12.7. The van der Waals surface area contributed by atoms with E-state index < -0.39 is 24.5 Å². The second-order valence-corrected chi connectivity index (χ2v) is 8.72. The summed E-state index contributed by atoms with van der Waals surface area (Å²) in [5.74, 6) is -0.360. The molecule has 2 aromatic carbocycles. The normalized spacial score (nSPS) is 15.7. The lowest BCUT2D eigenvalue weighted by Crippen LogP contribution is -2.22. The number of hydrogen-bond donors (Lipinski definition) is 2. The lowest BCUT2D eigenvalue weighted by Gasteiger charge is -2.20. The van der Waals surface area contributed by atoms with Crippen molar-refractivity contribution < 1.29 is 40.6 Å². The van der Waals surface area contributed by atoms with Crippen molar-refractivity contribution in [1.82, 2.24) is 9.78 Å². The monoisotopic (exact) mass is 552 g/mol. The van der Waals surface area contributed by atoms with Gasteiger partial charge in [0.2, 0.25) is 0 Å². The number of nitrogens with zero attached hydrogens (tertiary/aromatic N) is 2. The van der Waals surface area contributed by atoms with E-state index in [0.29, 0.717) is 17.7 Å². The average Bonchev–Trinajstić information content (AvgIpc) is 3.24. The van der Waals surface area contributed by atoms with Crippen molar-refractivity contribution in [3.8, 4) is 22.8 Å². The quantitative estimate of drug-likeness (QED) is 0.306. The van der Waals surface area contributed by atoms with Crippen molar-refractivity contribution in [2.45, 2.75) is 33.0 Å². The minimum Gasteiger partial charge on any atom is -0.406 e. The number of rotatable bonds is 6. The molecule has 1 aliphatic carbocycles. The molecule has 1 heterocycles. The summed E-state index contributed by atoms with van der Waals surface area (Å²) in [5.41, 5.74) is 2.98. The van der Waals surface area contributed by atoms with Gasteiger partial charge in [0, 0.05) is 23.0 Å². The maximum Gasteiger partial charge on any atom is 0.573 e. The van der Waals surface area contributed by atoms with Gasteiger partial charge in [-0.05, 0) is 73.9 Å². The van der Waals surface area contributed by atoms with Gasteiger partial charge < -0.3 is 14.8 Å². The number of amides is 2. The minimum absolute atomic E-state index is 0.204. The predicted molar refractivity (Wildman–Crippen MR) is 132 cm³/mol. The van der Waals surface area contributed by atoms with Crippen molar-refractivity contribution >= 4 is 23.2 Å². The van der Waals surface area contributed by atoms with Crippen LogP contribution in [0.3, 0.4) is 0 Å². The van der Waals surface area contributed by atoms with Gasteiger partial charge in [0.25, 0.3) is 0 Å². The van der Waals surface area contributed by atoms with Crippen molar-refractivity contribution in [3.05, 3.63) is 72.3 Å². The Balaban J connectivity index is 1.57. The number of alkyl halides is 6. The second-order valence-electron chi connectivity index (χ2n) is 8.72. The predicted octanol–water partition coefficient (Wildman–Crippen LogP) is 7.82. The van der Waals surface area contributed by atoms with E-state index in [9.17, 15) is 31.1 Å². The fourth-order valence-electron chi connectivity index (χ4n) is 3.77. The summed E-state index contributed by atoms with van der Waals surface area (Å²) in [6.07, 6.45) is -5.27. The van der Waals surface area contributed by atoms with Gasteiger partial charge in [-0.2, -0.15) is 5.10 Å². The number of ether oxygens (including phenoxy) is 2. The van der Waals surface area contributed by atoms with Gasteiger partial charge in [-0.1, -0.05) is 18.6 Å². The Bertz CT molecular complexity index is 1390. The van der Waals surface area contributed by atoms with Crippen LogP contribution in [0.1, 0.15) is 20.3 Å². The molecule has 39 heavy (non-hydrogen) atoms. The lowest BCUT2D eigenvalue weighted by atomic mass is 9.93. The molecule has 3 aromatic rings. The minimum atomic E-state index is -4.84. The summed E-state index contributed by atoms with van der Waals surface area (Å²) in [7, 11) is 0. The number of benzene rings is 2. The molecule has 0 saturated heterocycles. The summed E-state index contributed by atoms with van der Waals surface area (Å²) in [5, 5.41) is 9.76. The van der Waals surface area contributed by atoms with Crippen molar-refractivity contribution in [2.24, 2.45) is 5.92 Å². The summed E-state index contributed by atoms with van der Waals surface area (Å²) in [6, 6.07) is 10.6. The van der Waals surface area contributed by atoms with Gasteiger partial charge in [0.15, 0.2) is 0 Å². The van der Waals surface area contributed by atoms with Crippen LogP contribution in [0.15, 0.2) is 72.3 Å². The molecule has 206 valence electrons. The number of urea groups is 1. The van der Waals surface area contributed by atoms with E-state index >= 15 is 0 Å². The molecule has 1 atom stereocenters. The number of allylic oxidation sites excluding steroid dienone is 4. The Labute approximate surface area is 218 Å². The highest BCUT2D eigenvalue weighted by molar-refractivity contribution is 6.00. The standard InChI is InChI=1S/C26H22F6N4O3/c1-15-3-8-19(13-16(15)2)36-23(14-22(35-36)17-4-9-20(10-5-17)38-25(27,28)29)34-24(37)33-18-6-11-21(12-7-18)39-26(30,31)32/h3-12,14,16H,13H2,1-2H3,(H2,33,34,37). The summed E-state index contributed by atoms with van der Waals surface area (Å²) in [6.45, 7) is 4.03. The zero-order chi connectivity index (χ0) is 28.4. The van der Waals surface area contributed by atoms with Crippen LogP contribution in [0.2, 0.25) is 0 Å². The summed E-state index contributed by atoms with van der Waals surface area (Å²) < 4.78 is 83.9. The average molecular weight is 552 g/mol. The number of carbonyl (C=O) groups is 1. The van der Waals surface area contributed by atoms with E-state index in [4.69, 9.17) is 0 Å². The molecule has 2 amide bonds. The second kappa shape index (κ2) is 10.8. The number of nitrogens with one attached hydrogen (secondary N) is 2. The highest BCUT2D eigenvalue weighted by Crippen LogP contribution is 2.33. The molecule has 0 aliphatic heterocycles. The smallest absolute Gasteiger partial charge is 0.406 e. The van der Waals surface area contributed by atoms with Crippen molar-refractivity contribution in [1.29, 1.82) is 0 Å². The molecule has 7 nitrogen and oxygen atoms in total. The molecule has 1 unspecified atom stereocenters. The number of hydrogen-bond acceptors (Lipinski definition) is 4. The van der Waals surface area contributed by atoms with E-state index in [0.717, 1.165) is 35.5 Å². The number of carbonyl (C=O) groups excluding carboxylic acids is 1. The fraction of sp³-hybridized carbons (Fsp3) is 0.231. The SMILES string of the molecule is CC1=CC=C(n2nc(-c3ccc(OC(F)(F)F)cc3)cc2NC(=O)Nc2ccc(OC(F)(F)F)cc2)CC1C. The number of halogens is 6. The number of anilines is 2. The maximum absolute atomic E-state index is 12.7. The molecule has 13 heteroatoms. The number of aromatic nitrogens is 2. The first kappa shape index (κ1) is 27.6. The third-order valence-electron chi connectivity index (χ3n) is 5.78. The summed E-state index contributed by atoms with van der Waals surface area (Å²) >= 11 is 0. The molecule has 1 aliphatic rings. The van der Waals surface area contributed by atoms with Crippen LogP contribution < -0.4 is 20.1 Å². The van der Waals surface area contributed by atoms with Crippen LogP contribution in [-0.2, 0) is 0 Å². The highest BCUT2D eigenvalue weighted by atomic mass is 19.4. The highest BCUT2D eigenvalue weighted by Gasteiger charge is 2.31. The molecular weight excluding hydrogens is 530 g/mol. The van der Waals surface area contributed by atoms with Crippen molar-refractivity contribution in [2.75, 3.05) is 10.6 Å². The molecule has 0 bridgehead atoms. The zero-order valence-electron chi connectivity index (χ0n) is 20.5. The van der Waals surface area contributed by atoms with Gasteiger partial charge in [-0.25, -0.2) is 9.48 Å². The van der Waals surface area contributed by atoms with Crippen LogP contribution >= 0.6 is 0 Å². The first-order valence-electron chi connectivity index (χ1n) is 11.5. The molecule has 0 fully saturated rings. The molecular formula is C26H22F6N4O3. The van der Waals surface area contributed by atoms with E-state index in [2.05, 4.69) is 25.2 Å². The van der Waals surface area contributed by atoms with E-state index in [-0.39, 0.29) is 23.2 Å². The first-order chi connectivity index (χ1) is 18.3. The van der Waals surface area contributed by atoms with E-state index in [1.807, 2.05) is 26.0 Å². The van der Waals surface area contributed by atoms with Gasteiger partial charge in [-0.3, -0.25) is 5.32 Å². The van der Waals surface area contributed by atoms with Crippen LogP contribution in [0, 0.1) is 5.92 Å². The Hall–Kier alpha value is -4.42. The third-order valence-corrected chi connectivity index (χ3v) is 5.78. The van der Waals surface area contributed by atoms with Crippen molar-refractivity contribution in [3.63, 3.8) is 0 Å².